The van der Waals surface area contributed by atoms with E-state index in [1.54, 1.807) is 36.4 Å². The maximum Gasteiger partial charge on any atom is 0.253 e. The number of nitrogens with zero attached hydrogens (tertiary/aromatic N) is 4. The van der Waals surface area contributed by atoms with Crippen molar-refractivity contribution in [2.75, 3.05) is 25.5 Å². The minimum absolute atomic E-state index is 0.0866. The second-order valence-corrected chi connectivity index (χ2v) is 7.55. The molecule has 1 aromatic carbocycles. The minimum atomic E-state index is -0.356. The van der Waals surface area contributed by atoms with E-state index >= 15 is 0 Å². The highest BCUT2D eigenvalue weighted by Gasteiger charge is 2.27. The molecule has 2 aromatic heterocycles. The van der Waals surface area contributed by atoms with Crippen LogP contribution in [0.25, 0.3) is 11.4 Å². The number of halogens is 1. The quantitative estimate of drug-likeness (QED) is 0.709. The number of piperidine rings is 1. The fraction of sp³-hybridized carbons (Fsp3) is 0.304. The number of aryl methyl sites for hydroxylation is 1. The Morgan fingerprint density at radius 3 is 2.83 bits per heavy atom. The summed E-state index contributed by atoms with van der Waals surface area (Å²) in [6, 6.07) is 10.4. The Hall–Kier alpha value is -3.35. The summed E-state index contributed by atoms with van der Waals surface area (Å²) in [4.78, 5) is 28.2. The molecule has 0 saturated carbocycles. The highest BCUT2D eigenvalue weighted by molar-refractivity contribution is 5.94. The van der Waals surface area contributed by atoms with Gasteiger partial charge in [-0.1, -0.05) is 6.07 Å². The van der Waals surface area contributed by atoms with Crippen molar-refractivity contribution in [3.63, 3.8) is 0 Å². The van der Waals surface area contributed by atoms with Crippen LogP contribution >= 0.6 is 0 Å². The molecule has 3 aromatic rings. The average molecular weight is 405 g/mol. The molecule has 30 heavy (non-hydrogen) atoms. The van der Waals surface area contributed by atoms with Gasteiger partial charge in [0, 0.05) is 55.6 Å². The number of benzene rings is 1. The van der Waals surface area contributed by atoms with Gasteiger partial charge in [-0.05, 0) is 49.6 Å². The van der Waals surface area contributed by atoms with Gasteiger partial charge in [-0.3, -0.25) is 9.78 Å². The Labute approximate surface area is 175 Å². The van der Waals surface area contributed by atoms with Crippen LogP contribution in [-0.4, -0.2) is 45.9 Å². The second kappa shape index (κ2) is 8.57. The zero-order valence-electron chi connectivity index (χ0n) is 17.1. The van der Waals surface area contributed by atoms with E-state index in [1.165, 1.54) is 6.07 Å². The fourth-order valence-corrected chi connectivity index (χ4v) is 3.74. The lowest BCUT2D eigenvalue weighted by atomic mass is 9.93. The van der Waals surface area contributed by atoms with E-state index in [-0.39, 0.29) is 17.6 Å². The smallest absolute Gasteiger partial charge is 0.253 e. The second-order valence-electron chi connectivity index (χ2n) is 7.55. The fourth-order valence-electron chi connectivity index (χ4n) is 3.74. The first-order chi connectivity index (χ1) is 14.5. The number of pyridine rings is 1. The Balaban J connectivity index is 1.60. The molecule has 0 spiro atoms. The number of hydrogen-bond acceptors (Lipinski definition) is 5. The van der Waals surface area contributed by atoms with Gasteiger partial charge in [0.2, 0.25) is 0 Å². The van der Waals surface area contributed by atoms with E-state index in [4.69, 9.17) is 4.98 Å². The van der Waals surface area contributed by atoms with Crippen molar-refractivity contribution in [3.05, 3.63) is 71.4 Å². The molecule has 0 aliphatic carbocycles. The normalized spacial score (nSPS) is 16.4. The van der Waals surface area contributed by atoms with E-state index < -0.39 is 0 Å². The number of carbonyl (C=O) groups is 1. The highest BCUT2D eigenvalue weighted by Crippen LogP contribution is 2.29. The predicted molar refractivity (Wildman–Crippen MR) is 114 cm³/mol. The van der Waals surface area contributed by atoms with Crippen molar-refractivity contribution in [1.82, 2.24) is 19.9 Å². The highest BCUT2D eigenvalue weighted by atomic mass is 19.1. The molecule has 1 amide bonds. The van der Waals surface area contributed by atoms with Crippen LogP contribution in [0.5, 0.6) is 0 Å². The topological polar surface area (TPSA) is 71.0 Å². The molecule has 1 N–H and O–H groups in total. The van der Waals surface area contributed by atoms with Crippen molar-refractivity contribution >= 4 is 11.7 Å². The van der Waals surface area contributed by atoms with Crippen LogP contribution in [0, 0.1) is 12.7 Å². The minimum Gasteiger partial charge on any atom is -0.373 e. The monoisotopic (exact) mass is 405 g/mol. The molecule has 1 fully saturated rings. The number of aromatic nitrogens is 3. The molecule has 1 unspecified atom stereocenters. The van der Waals surface area contributed by atoms with Crippen LogP contribution < -0.4 is 5.32 Å². The van der Waals surface area contributed by atoms with Crippen molar-refractivity contribution in [2.45, 2.75) is 25.7 Å². The number of carbonyl (C=O) groups excluding carboxylic acids is 1. The average Bonchev–Trinajstić information content (AvgIpc) is 2.80. The molecular weight excluding hydrogens is 381 g/mol. The number of anilines is 1. The molecular formula is C23H24FN5O. The molecule has 1 atom stereocenters. The number of nitrogens with one attached hydrogen (secondary N) is 1. The molecule has 1 aliphatic rings. The molecule has 7 heteroatoms. The van der Waals surface area contributed by atoms with Crippen LogP contribution in [0.4, 0.5) is 10.2 Å². The summed E-state index contributed by atoms with van der Waals surface area (Å²) < 4.78 is 13.9. The van der Waals surface area contributed by atoms with Gasteiger partial charge in [0.15, 0.2) is 5.82 Å². The SMILES string of the molecule is CNc1cc(C2CCCN(C(=O)c3ccc(C)c(F)c3)C2)nc(-c2cccnc2)n1. The Bertz CT molecular complexity index is 1060. The molecule has 6 nitrogen and oxygen atoms in total. The lowest BCUT2D eigenvalue weighted by Crippen LogP contribution is -2.39. The summed E-state index contributed by atoms with van der Waals surface area (Å²) in [6.45, 7) is 2.89. The summed E-state index contributed by atoms with van der Waals surface area (Å²) in [5, 5.41) is 3.09. The number of hydrogen-bond donors (Lipinski definition) is 1. The van der Waals surface area contributed by atoms with Crippen LogP contribution in [0.3, 0.4) is 0 Å². The standard InChI is InChI=1S/C23H24FN5O/c1-15-7-8-16(11-19(15)24)23(30)29-10-4-6-18(14-29)20-12-21(25-2)28-22(27-20)17-5-3-9-26-13-17/h3,5,7-9,11-13,18H,4,6,10,14H2,1-2H3,(H,25,27,28). The first-order valence-corrected chi connectivity index (χ1v) is 10.1. The molecule has 0 radical (unpaired) electrons. The predicted octanol–water partition coefficient (Wildman–Crippen LogP) is 4.05. The molecule has 0 bridgehead atoms. The van der Waals surface area contributed by atoms with E-state index in [1.807, 2.05) is 25.2 Å². The summed E-state index contributed by atoms with van der Waals surface area (Å²) >= 11 is 0. The van der Waals surface area contributed by atoms with Crippen molar-refractivity contribution < 1.29 is 9.18 Å². The van der Waals surface area contributed by atoms with E-state index in [0.717, 1.165) is 29.9 Å². The van der Waals surface area contributed by atoms with Gasteiger partial charge in [0.1, 0.15) is 11.6 Å². The van der Waals surface area contributed by atoms with Crippen LogP contribution in [-0.2, 0) is 0 Å². The largest absolute Gasteiger partial charge is 0.373 e. The third-order valence-corrected chi connectivity index (χ3v) is 5.47. The molecule has 1 aliphatic heterocycles. The van der Waals surface area contributed by atoms with Gasteiger partial charge in [0.25, 0.3) is 5.91 Å². The van der Waals surface area contributed by atoms with Crippen LogP contribution in [0.2, 0.25) is 0 Å². The number of likely N-dealkylation sites (tertiary alicyclic amines) is 1. The maximum atomic E-state index is 13.9. The summed E-state index contributed by atoms with van der Waals surface area (Å²) in [5.74, 6) is 0.916. The summed E-state index contributed by atoms with van der Waals surface area (Å²) in [7, 11) is 1.82. The lowest BCUT2D eigenvalue weighted by molar-refractivity contribution is 0.0705. The summed E-state index contributed by atoms with van der Waals surface area (Å²) in [5.41, 5.74) is 2.65. The third-order valence-electron chi connectivity index (χ3n) is 5.47. The Kier molecular flexibility index (Phi) is 5.70. The molecule has 1 saturated heterocycles. The number of amides is 1. The van der Waals surface area contributed by atoms with E-state index in [0.29, 0.717) is 30.0 Å². The number of rotatable bonds is 4. The van der Waals surface area contributed by atoms with Crippen molar-refractivity contribution in [2.24, 2.45) is 0 Å². The van der Waals surface area contributed by atoms with Gasteiger partial charge in [0.05, 0.1) is 5.69 Å². The van der Waals surface area contributed by atoms with Gasteiger partial charge >= 0.3 is 0 Å². The Morgan fingerprint density at radius 1 is 1.23 bits per heavy atom. The van der Waals surface area contributed by atoms with Crippen molar-refractivity contribution in [3.8, 4) is 11.4 Å². The van der Waals surface area contributed by atoms with Gasteiger partial charge in [-0.15, -0.1) is 0 Å². The van der Waals surface area contributed by atoms with E-state index in [9.17, 15) is 9.18 Å². The van der Waals surface area contributed by atoms with Gasteiger partial charge in [-0.25, -0.2) is 14.4 Å². The maximum absolute atomic E-state index is 13.9. The zero-order valence-corrected chi connectivity index (χ0v) is 17.1. The van der Waals surface area contributed by atoms with E-state index in [2.05, 4.69) is 15.3 Å². The molecule has 154 valence electrons. The third kappa shape index (κ3) is 4.15. The molecule has 4 rings (SSSR count). The summed E-state index contributed by atoms with van der Waals surface area (Å²) in [6.07, 6.45) is 5.25. The zero-order chi connectivity index (χ0) is 21.1. The first kappa shape index (κ1) is 19.9. The van der Waals surface area contributed by atoms with Crippen molar-refractivity contribution in [1.29, 1.82) is 0 Å². The van der Waals surface area contributed by atoms with Gasteiger partial charge < -0.3 is 10.2 Å². The molecule has 3 heterocycles. The van der Waals surface area contributed by atoms with Gasteiger partial charge in [-0.2, -0.15) is 0 Å². The lowest BCUT2D eigenvalue weighted by Gasteiger charge is -2.33. The first-order valence-electron chi connectivity index (χ1n) is 10.1. The van der Waals surface area contributed by atoms with Crippen LogP contribution in [0.15, 0.2) is 48.8 Å². The Morgan fingerprint density at radius 2 is 2.10 bits per heavy atom. The van der Waals surface area contributed by atoms with Crippen LogP contribution in [0.1, 0.15) is 40.4 Å².